The lowest BCUT2D eigenvalue weighted by molar-refractivity contribution is -0.129. The van der Waals surface area contributed by atoms with Gasteiger partial charge in [-0.25, -0.2) is 4.99 Å². The third kappa shape index (κ3) is 2.78. The molecule has 2 aromatic rings. The molecule has 136 valence electrons. The third-order valence-electron chi connectivity index (χ3n) is 4.35. The monoisotopic (exact) mass is 360 g/mol. The molecule has 0 aromatic heterocycles. The maximum atomic E-state index is 13.0. The molecule has 1 aliphatic heterocycles. The zero-order chi connectivity index (χ0) is 18.9. The second kappa shape index (κ2) is 6.72. The molecule has 0 spiro atoms. The molecule has 3 rings (SSSR count). The van der Waals surface area contributed by atoms with Gasteiger partial charge in [0.1, 0.15) is 5.75 Å². The number of ether oxygens (including phenoxy) is 1. The van der Waals surface area contributed by atoms with Crippen LogP contribution in [0, 0.1) is 0 Å². The van der Waals surface area contributed by atoms with Gasteiger partial charge in [-0.2, -0.15) is 8.78 Å². The average molecular weight is 360 g/mol. The number of carbonyl (C=O) groups is 1. The first-order valence-electron chi connectivity index (χ1n) is 7.87. The molecule has 0 saturated carbocycles. The molecule has 0 radical (unpaired) electrons. The highest BCUT2D eigenvalue weighted by atomic mass is 19.3. The number of amides is 1. The lowest BCUT2D eigenvalue weighted by atomic mass is 9.82. The van der Waals surface area contributed by atoms with Gasteiger partial charge in [0.25, 0.3) is 5.91 Å². The molecule has 8 heteroatoms. The number of rotatable bonds is 5. The van der Waals surface area contributed by atoms with Crippen molar-refractivity contribution in [2.45, 2.75) is 18.7 Å². The van der Waals surface area contributed by atoms with Gasteiger partial charge in [-0.05, 0) is 23.3 Å². The van der Waals surface area contributed by atoms with E-state index >= 15 is 0 Å². The SMILES string of the molecule is CN1C(=O)[C@](c2ccccc2)(c2ccc(OC(F)F)c(CN)c2)N=C1N. The van der Waals surface area contributed by atoms with Crippen LogP contribution in [0.25, 0.3) is 0 Å². The smallest absolute Gasteiger partial charge is 0.387 e. The number of benzene rings is 2. The molecular formula is C18H18F2N4O2. The van der Waals surface area contributed by atoms with Gasteiger partial charge >= 0.3 is 6.61 Å². The Bertz CT molecular complexity index is 858. The molecule has 26 heavy (non-hydrogen) atoms. The Hall–Kier alpha value is -3.00. The second-order valence-corrected chi connectivity index (χ2v) is 5.82. The number of aliphatic imine (C=N–C) groups is 1. The molecule has 0 aliphatic carbocycles. The summed E-state index contributed by atoms with van der Waals surface area (Å²) in [6.07, 6.45) is 0. The van der Waals surface area contributed by atoms with Gasteiger partial charge in [-0.1, -0.05) is 36.4 Å². The number of halogens is 2. The van der Waals surface area contributed by atoms with Crippen LogP contribution in [0.1, 0.15) is 16.7 Å². The molecule has 1 atom stereocenters. The fourth-order valence-corrected chi connectivity index (χ4v) is 3.04. The van der Waals surface area contributed by atoms with E-state index in [1.807, 2.05) is 6.07 Å². The van der Waals surface area contributed by atoms with E-state index in [-0.39, 0.29) is 24.2 Å². The van der Waals surface area contributed by atoms with Gasteiger partial charge in [0.15, 0.2) is 11.5 Å². The number of nitrogens with zero attached hydrogens (tertiary/aromatic N) is 2. The van der Waals surface area contributed by atoms with Crippen molar-refractivity contribution >= 4 is 11.9 Å². The van der Waals surface area contributed by atoms with Gasteiger partial charge in [-0.3, -0.25) is 9.69 Å². The van der Waals surface area contributed by atoms with Gasteiger partial charge < -0.3 is 16.2 Å². The molecule has 0 unspecified atom stereocenters. The van der Waals surface area contributed by atoms with Crippen molar-refractivity contribution < 1.29 is 18.3 Å². The molecule has 2 aromatic carbocycles. The van der Waals surface area contributed by atoms with Crippen molar-refractivity contribution in [3.8, 4) is 5.75 Å². The first-order chi connectivity index (χ1) is 12.4. The van der Waals surface area contributed by atoms with Crippen molar-refractivity contribution in [3.05, 3.63) is 65.2 Å². The Morgan fingerprint density at radius 2 is 1.88 bits per heavy atom. The number of guanidine groups is 1. The fraction of sp³-hybridized carbons (Fsp3) is 0.222. The van der Waals surface area contributed by atoms with Crippen molar-refractivity contribution in [2.24, 2.45) is 16.5 Å². The van der Waals surface area contributed by atoms with Crippen LogP contribution >= 0.6 is 0 Å². The van der Waals surface area contributed by atoms with Crippen LogP contribution in [-0.2, 0) is 16.9 Å². The van der Waals surface area contributed by atoms with Crippen LogP contribution in [-0.4, -0.2) is 30.4 Å². The van der Waals surface area contributed by atoms with E-state index in [0.29, 0.717) is 16.7 Å². The minimum Gasteiger partial charge on any atom is -0.434 e. The Morgan fingerprint density at radius 1 is 1.19 bits per heavy atom. The third-order valence-corrected chi connectivity index (χ3v) is 4.35. The summed E-state index contributed by atoms with van der Waals surface area (Å²) < 4.78 is 29.7. The molecule has 1 aliphatic rings. The van der Waals surface area contributed by atoms with Gasteiger partial charge in [0, 0.05) is 19.2 Å². The Balaban J connectivity index is 2.20. The summed E-state index contributed by atoms with van der Waals surface area (Å²) in [6.45, 7) is -3.01. The number of alkyl halides is 2. The van der Waals surface area contributed by atoms with Crippen molar-refractivity contribution in [3.63, 3.8) is 0 Å². The summed E-state index contributed by atoms with van der Waals surface area (Å²) in [5.74, 6) is -0.307. The van der Waals surface area contributed by atoms with E-state index < -0.39 is 12.2 Å². The quantitative estimate of drug-likeness (QED) is 0.850. The van der Waals surface area contributed by atoms with Crippen molar-refractivity contribution in [1.29, 1.82) is 0 Å². The standard InChI is InChI=1S/C18H18F2N4O2/c1-24-15(25)18(23-17(24)22,12-5-3-2-4-6-12)13-7-8-14(26-16(19)20)11(9-13)10-21/h2-9,16H,10,21H2,1H3,(H2,22,23)/t18-/m0/s1. The highest BCUT2D eigenvalue weighted by Crippen LogP contribution is 2.40. The van der Waals surface area contributed by atoms with Crippen LogP contribution in [0.5, 0.6) is 5.75 Å². The first kappa shape index (κ1) is 17.8. The number of nitrogens with two attached hydrogens (primary N) is 2. The minimum atomic E-state index is -2.97. The molecule has 0 saturated heterocycles. The highest BCUT2D eigenvalue weighted by Gasteiger charge is 2.49. The Morgan fingerprint density at radius 3 is 2.42 bits per heavy atom. The average Bonchev–Trinajstić information content (AvgIpc) is 2.87. The summed E-state index contributed by atoms with van der Waals surface area (Å²) in [6, 6.07) is 13.4. The van der Waals surface area contributed by atoms with Crippen LogP contribution in [0.15, 0.2) is 53.5 Å². The van der Waals surface area contributed by atoms with Crippen LogP contribution in [0.3, 0.4) is 0 Å². The fourth-order valence-electron chi connectivity index (χ4n) is 3.04. The zero-order valence-electron chi connectivity index (χ0n) is 14.0. The molecular weight excluding hydrogens is 342 g/mol. The van der Waals surface area contributed by atoms with Gasteiger partial charge in [-0.15, -0.1) is 0 Å². The van der Waals surface area contributed by atoms with Gasteiger partial charge in [0.2, 0.25) is 0 Å². The topological polar surface area (TPSA) is 93.9 Å². The predicted molar refractivity (Wildman–Crippen MR) is 92.6 cm³/mol. The summed E-state index contributed by atoms with van der Waals surface area (Å²) in [7, 11) is 1.53. The maximum Gasteiger partial charge on any atom is 0.387 e. The van der Waals surface area contributed by atoms with Gasteiger partial charge in [0.05, 0.1) is 0 Å². The van der Waals surface area contributed by atoms with Crippen LogP contribution < -0.4 is 16.2 Å². The van der Waals surface area contributed by atoms with Crippen LogP contribution in [0.4, 0.5) is 8.78 Å². The number of carbonyl (C=O) groups excluding carboxylic acids is 1. The Kier molecular flexibility index (Phi) is 4.60. The lowest BCUT2D eigenvalue weighted by Gasteiger charge is -2.27. The Labute approximate surface area is 149 Å². The van der Waals surface area contributed by atoms with Crippen LogP contribution in [0.2, 0.25) is 0 Å². The summed E-state index contributed by atoms with van der Waals surface area (Å²) >= 11 is 0. The predicted octanol–water partition coefficient (Wildman–Crippen LogP) is 1.78. The first-order valence-corrected chi connectivity index (χ1v) is 7.87. The normalized spacial score (nSPS) is 19.8. The summed E-state index contributed by atoms with van der Waals surface area (Å²) in [5, 5.41) is 0. The second-order valence-electron chi connectivity index (χ2n) is 5.82. The molecule has 1 amide bonds. The molecule has 0 fully saturated rings. The van der Waals surface area contributed by atoms with Crippen molar-refractivity contribution in [2.75, 3.05) is 7.05 Å². The van der Waals surface area contributed by atoms with E-state index in [2.05, 4.69) is 9.73 Å². The summed E-state index contributed by atoms with van der Waals surface area (Å²) in [5.41, 5.74) is 11.6. The van der Waals surface area contributed by atoms with E-state index in [1.165, 1.54) is 24.1 Å². The number of likely N-dealkylation sites (N-methyl/N-ethyl adjacent to an activating group) is 1. The van der Waals surface area contributed by atoms with E-state index in [1.54, 1.807) is 30.3 Å². The maximum absolute atomic E-state index is 13.0. The summed E-state index contributed by atoms with van der Waals surface area (Å²) in [4.78, 5) is 18.7. The van der Waals surface area contributed by atoms with Crippen molar-refractivity contribution in [1.82, 2.24) is 4.90 Å². The van der Waals surface area contributed by atoms with E-state index in [0.717, 1.165) is 0 Å². The molecule has 4 N–H and O–H groups in total. The van der Waals surface area contributed by atoms with E-state index in [4.69, 9.17) is 11.5 Å². The van der Waals surface area contributed by atoms with E-state index in [9.17, 15) is 13.6 Å². The molecule has 1 heterocycles. The zero-order valence-corrected chi connectivity index (χ0v) is 14.0. The highest BCUT2D eigenvalue weighted by molar-refractivity contribution is 6.08. The molecule has 0 bridgehead atoms. The minimum absolute atomic E-state index is 0.0368. The molecule has 6 nitrogen and oxygen atoms in total. The number of hydrogen-bond donors (Lipinski definition) is 2. The number of hydrogen-bond acceptors (Lipinski definition) is 5. The largest absolute Gasteiger partial charge is 0.434 e. The lowest BCUT2D eigenvalue weighted by Crippen LogP contribution is -2.41.